The van der Waals surface area contributed by atoms with Crippen molar-refractivity contribution in [2.24, 2.45) is 4.99 Å². The molecule has 0 aliphatic heterocycles. The van der Waals surface area contributed by atoms with Crippen molar-refractivity contribution in [1.29, 1.82) is 0 Å². The highest BCUT2D eigenvalue weighted by Crippen LogP contribution is 2.12. The van der Waals surface area contributed by atoms with Crippen molar-refractivity contribution in [2.45, 2.75) is 33.6 Å². The van der Waals surface area contributed by atoms with Crippen LogP contribution in [-0.2, 0) is 0 Å². The van der Waals surface area contributed by atoms with Gasteiger partial charge in [-0.15, -0.1) is 0 Å². The molecule has 0 fully saturated rings. The van der Waals surface area contributed by atoms with Gasteiger partial charge in [0.1, 0.15) is 0 Å². The highest BCUT2D eigenvalue weighted by molar-refractivity contribution is 8.15. The van der Waals surface area contributed by atoms with E-state index in [1.165, 1.54) is 6.42 Å². The third-order valence-electron chi connectivity index (χ3n) is 0.719. The second kappa shape index (κ2) is 12.4. The van der Waals surface area contributed by atoms with Gasteiger partial charge in [-0.1, -0.05) is 45.5 Å². The van der Waals surface area contributed by atoms with Crippen molar-refractivity contribution in [1.82, 2.24) is 0 Å². The summed E-state index contributed by atoms with van der Waals surface area (Å²) in [6.07, 6.45) is 2.27. The third-order valence-corrected chi connectivity index (χ3v) is 1.66. The minimum atomic E-state index is 1.02. The molecule has 66 valence electrons. The zero-order valence-electron chi connectivity index (χ0n) is 8.05. The van der Waals surface area contributed by atoms with E-state index in [1.807, 2.05) is 0 Å². The number of aliphatic imine (C=N–C) groups is 1. The maximum Gasteiger partial charge on any atom is 0.0582 e. The SMILES string of the molecule is C=C(CC)SC=NC.CCC. The molecule has 0 aromatic heterocycles. The molecule has 0 bridgehead atoms. The Hall–Kier alpha value is -0.240. The Bertz CT molecular complexity index is 108. The van der Waals surface area contributed by atoms with Gasteiger partial charge in [0.25, 0.3) is 0 Å². The predicted octanol–water partition coefficient (Wildman–Crippen LogP) is 3.72. The molecule has 0 aliphatic carbocycles. The minimum Gasteiger partial charge on any atom is -0.289 e. The van der Waals surface area contributed by atoms with Gasteiger partial charge in [0.2, 0.25) is 0 Å². The number of allylic oxidation sites excluding steroid dienone is 1. The van der Waals surface area contributed by atoms with Gasteiger partial charge in [0, 0.05) is 7.05 Å². The van der Waals surface area contributed by atoms with E-state index in [0.717, 1.165) is 11.3 Å². The van der Waals surface area contributed by atoms with E-state index in [2.05, 4.69) is 32.3 Å². The van der Waals surface area contributed by atoms with Crippen LogP contribution in [0, 0.1) is 0 Å². The van der Waals surface area contributed by atoms with Crippen LogP contribution in [0.5, 0.6) is 0 Å². The minimum absolute atomic E-state index is 1.02. The number of hydrogen-bond acceptors (Lipinski definition) is 2. The zero-order valence-corrected chi connectivity index (χ0v) is 8.87. The highest BCUT2D eigenvalue weighted by atomic mass is 32.2. The molecule has 0 rings (SSSR count). The lowest BCUT2D eigenvalue weighted by atomic mass is 10.5. The predicted molar refractivity (Wildman–Crippen MR) is 57.4 cm³/mol. The molecule has 0 saturated carbocycles. The highest BCUT2D eigenvalue weighted by Gasteiger charge is 1.83. The Morgan fingerprint density at radius 3 is 2.18 bits per heavy atom. The van der Waals surface area contributed by atoms with Crippen LogP contribution in [0.25, 0.3) is 0 Å². The van der Waals surface area contributed by atoms with Crippen LogP contribution in [0.3, 0.4) is 0 Å². The summed E-state index contributed by atoms with van der Waals surface area (Å²) in [7, 11) is 1.76. The molecule has 0 aromatic carbocycles. The Kier molecular flexibility index (Phi) is 15.1. The summed E-state index contributed by atoms with van der Waals surface area (Å²) >= 11 is 1.59. The van der Waals surface area contributed by atoms with Gasteiger partial charge in [-0.3, -0.25) is 4.99 Å². The molecule has 0 heterocycles. The summed E-state index contributed by atoms with van der Waals surface area (Å²) in [5, 5.41) is 0. The van der Waals surface area contributed by atoms with Gasteiger partial charge in [0.05, 0.1) is 5.55 Å². The van der Waals surface area contributed by atoms with E-state index >= 15 is 0 Å². The molecule has 0 spiro atoms. The van der Waals surface area contributed by atoms with Crippen LogP contribution in [0.15, 0.2) is 16.5 Å². The van der Waals surface area contributed by atoms with Gasteiger partial charge in [-0.25, -0.2) is 0 Å². The molecule has 1 nitrogen and oxygen atoms in total. The fourth-order valence-electron chi connectivity index (χ4n) is 0.211. The first-order valence-corrected chi connectivity index (χ1v) is 4.85. The lowest BCUT2D eigenvalue weighted by Crippen LogP contribution is -1.67. The summed E-state index contributed by atoms with van der Waals surface area (Å²) in [5.74, 6) is 0. The monoisotopic (exact) mass is 173 g/mol. The standard InChI is InChI=1S/C6H11NS.C3H8/c1-4-6(2)8-5-7-3;1-3-2/h5H,2,4H2,1,3H3;3H2,1-2H3. The van der Waals surface area contributed by atoms with Crippen LogP contribution in [0.1, 0.15) is 33.6 Å². The van der Waals surface area contributed by atoms with E-state index in [0.29, 0.717) is 0 Å². The lowest BCUT2D eigenvalue weighted by Gasteiger charge is -1.90. The van der Waals surface area contributed by atoms with Crippen molar-refractivity contribution in [3.63, 3.8) is 0 Å². The molecule has 0 unspecified atom stereocenters. The zero-order chi connectivity index (χ0) is 9.11. The van der Waals surface area contributed by atoms with Crippen molar-refractivity contribution < 1.29 is 0 Å². The number of rotatable bonds is 3. The smallest absolute Gasteiger partial charge is 0.0582 e. The van der Waals surface area contributed by atoms with E-state index in [-0.39, 0.29) is 0 Å². The molecule has 2 heteroatoms. The average molecular weight is 173 g/mol. The topological polar surface area (TPSA) is 12.4 Å². The molecule has 0 N–H and O–H groups in total. The summed E-state index contributed by atoms with van der Waals surface area (Å²) < 4.78 is 0. The molecular formula is C9H19NS. The van der Waals surface area contributed by atoms with Crippen LogP contribution in [0.4, 0.5) is 0 Å². The van der Waals surface area contributed by atoms with E-state index in [4.69, 9.17) is 0 Å². The fraction of sp³-hybridized carbons (Fsp3) is 0.667. The number of nitrogens with zero attached hydrogens (tertiary/aromatic N) is 1. The van der Waals surface area contributed by atoms with Gasteiger partial charge in [0.15, 0.2) is 0 Å². The first kappa shape index (κ1) is 13.4. The Morgan fingerprint density at radius 2 is 1.91 bits per heavy atom. The van der Waals surface area contributed by atoms with Gasteiger partial charge in [-0.05, 0) is 11.3 Å². The Balaban J connectivity index is 0. The van der Waals surface area contributed by atoms with Crippen LogP contribution in [-0.4, -0.2) is 12.6 Å². The molecular weight excluding hydrogens is 154 g/mol. The summed E-state index contributed by atoms with van der Waals surface area (Å²) in [6.45, 7) is 10.1. The van der Waals surface area contributed by atoms with Gasteiger partial charge >= 0.3 is 0 Å². The molecule has 0 aromatic rings. The number of thioether (sulfide) groups is 1. The summed E-state index contributed by atoms with van der Waals surface area (Å²) in [5.41, 5.74) is 1.80. The fourth-order valence-corrected chi connectivity index (χ4v) is 0.632. The van der Waals surface area contributed by atoms with Crippen LogP contribution < -0.4 is 0 Å². The van der Waals surface area contributed by atoms with Crippen molar-refractivity contribution in [3.8, 4) is 0 Å². The molecule has 0 radical (unpaired) electrons. The molecule has 0 aliphatic rings. The van der Waals surface area contributed by atoms with E-state index in [1.54, 1.807) is 24.4 Å². The summed E-state index contributed by atoms with van der Waals surface area (Å²) in [4.78, 5) is 4.96. The van der Waals surface area contributed by atoms with Gasteiger partial charge < -0.3 is 0 Å². The molecule has 11 heavy (non-hydrogen) atoms. The van der Waals surface area contributed by atoms with Crippen LogP contribution >= 0.6 is 11.8 Å². The largest absolute Gasteiger partial charge is 0.289 e. The third kappa shape index (κ3) is 17.7. The quantitative estimate of drug-likeness (QED) is 0.468. The van der Waals surface area contributed by atoms with Crippen molar-refractivity contribution in [2.75, 3.05) is 7.05 Å². The molecule has 0 amide bonds. The Morgan fingerprint density at radius 1 is 1.45 bits per heavy atom. The molecule has 0 saturated heterocycles. The second-order valence-electron chi connectivity index (χ2n) is 2.08. The van der Waals surface area contributed by atoms with Crippen molar-refractivity contribution >= 4 is 17.3 Å². The normalized spacial score (nSPS) is 9.09. The second-order valence-corrected chi connectivity index (χ2v) is 3.10. The summed E-state index contributed by atoms with van der Waals surface area (Å²) in [6, 6.07) is 0. The number of hydrogen-bond donors (Lipinski definition) is 0. The van der Waals surface area contributed by atoms with E-state index in [9.17, 15) is 0 Å². The Labute approximate surface area is 75.0 Å². The van der Waals surface area contributed by atoms with E-state index < -0.39 is 0 Å². The molecule has 0 atom stereocenters. The maximum absolute atomic E-state index is 3.80. The van der Waals surface area contributed by atoms with Crippen molar-refractivity contribution in [3.05, 3.63) is 11.5 Å². The lowest BCUT2D eigenvalue weighted by molar-refractivity contribution is 1.09. The first-order valence-electron chi connectivity index (χ1n) is 3.97. The average Bonchev–Trinajstić information content (AvgIpc) is 2.02. The van der Waals surface area contributed by atoms with Crippen LogP contribution in [0.2, 0.25) is 0 Å². The first-order chi connectivity index (χ1) is 5.22. The van der Waals surface area contributed by atoms with Gasteiger partial charge in [-0.2, -0.15) is 0 Å². The maximum atomic E-state index is 3.80.